The molecule has 0 N–H and O–H groups in total. The average Bonchev–Trinajstić information content (AvgIpc) is 2.60. The number of Topliss-reactive ketones (excluding diaryl/α,β-unsaturated/α-hetero) is 1. The summed E-state index contributed by atoms with van der Waals surface area (Å²) in [4.78, 5) is 11.5. The van der Waals surface area contributed by atoms with E-state index in [0.29, 0.717) is 18.6 Å². The molecule has 1 fully saturated rings. The fourth-order valence-corrected chi connectivity index (χ4v) is 2.55. The van der Waals surface area contributed by atoms with Crippen LogP contribution in [-0.4, -0.2) is 12.9 Å². The summed E-state index contributed by atoms with van der Waals surface area (Å²) in [6.45, 7) is 4.23. The molecule has 0 amide bonds. The van der Waals surface area contributed by atoms with Gasteiger partial charge >= 0.3 is 0 Å². The zero-order chi connectivity index (χ0) is 11.8. The topological polar surface area (TPSA) is 26.3 Å². The average molecular weight is 218 g/mol. The van der Waals surface area contributed by atoms with Gasteiger partial charge in [0.15, 0.2) is 0 Å². The molecule has 0 aromatic heterocycles. The molecule has 0 spiro atoms. The Hall–Kier alpha value is -1.31. The van der Waals surface area contributed by atoms with Crippen LogP contribution in [0.15, 0.2) is 18.2 Å². The zero-order valence-corrected chi connectivity index (χ0v) is 10.2. The third-order valence-corrected chi connectivity index (χ3v) is 3.55. The molecule has 1 aromatic carbocycles. The lowest BCUT2D eigenvalue weighted by Crippen LogP contribution is -2.19. The molecule has 1 aromatic rings. The molecule has 0 aliphatic heterocycles. The highest BCUT2D eigenvalue weighted by Crippen LogP contribution is 2.43. The van der Waals surface area contributed by atoms with Crippen LogP contribution >= 0.6 is 0 Å². The minimum atomic E-state index is -0.0333. The van der Waals surface area contributed by atoms with Crippen LogP contribution in [-0.2, 0) is 10.2 Å². The number of ether oxygens (including phenoxy) is 1. The number of hydrogen-bond donors (Lipinski definition) is 0. The first-order valence-corrected chi connectivity index (χ1v) is 5.72. The van der Waals surface area contributed by atoms with E-state index in [1.807, 2.05) is 12.1 Å². The lowest BCUT2D eigenvalue weighted by molar-refractivity contribution is -0.117. The fourth-order valence-electron chi connectivity index (χ4n) is 2.55. The Morgan fingerprint density at radius 1 is 1.38 bits per heavy atom. The van der Waals surface area contributed by atoms with Crippen molar-refractivity contribution in [1.29, 1.82) is 0 Å². The fraction of sp³-hybridized carbons (Fsp3) is 0.500. The molecule has 0 bridgehead atoms. The number of carbonyl (C=O) groups excluding carboxylic acids is 1. The van der Waals surface area contributed by atoms with E-state index in [1.54, 1.807) is 7.11 Å². The van der Waals surface area contributed by atoms with Crippen LogP contribution in [0.2, 0.25) is 0 Å². The van der Waals surface area contributed by atoms with Crippen molar-refractivity contribution in [2.75, 3.05) is 7.11 Å². The van der Waals surface area contributed by atoms with E-state index in [9.17, 15) is 4.79 Å². The molecule has 2 nitrogen and oxygen atoms in total. The smallest absolute Gasteiger partial charge is 0.133 e. The summed E-state index contributed by atoms with van der Waals surface area (Å²) >= 11 is 0. The summed E-state index contributed by atoms with van der Waals surface area (Å²) in [5.74, 6) is 1.27. The first-order valence-electron chi connectivity index (χ1n) is 5.72. The van der Waals surface area contributed by atoms with E-state index in [2.05, 4.69) is 19.9 Å². The van der Waals surface area contributed by atoms with Crippen LogP contribution < -0.4 is 4.74 Å². The maximum Gasteiger partial charge on any atom is 0.133 e. The maximum atomic E-state index is 11.5. The second-order valence-corrected chi connectivity index (χ2v) is 4.98. The number of rotatable bonds is 2. The molecule has 1 saturated carbocycles. The Bertz CT molecular complexity index is 423. The van der Waals surface area contributed by atoms with Crippen molar-refractivity contribution in [3.05, 3.63) is 29.3 Å². The van der Waals surface area contributed by atoms with Crippen molar-refractivity contribution in [2.24, 2.45) is 0 Å². The summed E-state index contributed by atoms with van der Waals surface area (Å²) in [5, 5.41) is 0. The lowest BCUT2D eigenvalue weighted by atomic mass is 9.80. The molecule has 86 valence electrons. The first kappa shape index (κ1) is 11.2. The predicted molar refractivity (Wildman–Crippen MR) is 63.9 cm³/mol. The maximum absolute atomic E-state index is 11.5. The monoisotopic (exact) mass is 218 g/mol. The Balaban J connectivity index is 2.46. The molecule has 0 saturated heterocycles. The van der Waals surface area contributed by atoms with Gasteiger partial charge in [0, 0.05) is 23.8 Å². The SMILES string of the molecule is COc1ccc(C)cc1C1(C)CCC(=O)C1. The van der Waals surface area contributed by atoms with Gasteiger partial charge in [0.1, 0.15) is 11.5 Å². The highest BCUT2D eigenvalue weighted by Gasteiger charge is 2.37. The van der Waals surface area contributed by atoms with Crippen molar-refractivity contribution in [1.82, 2.24) is 0 Å². The van der Waals surface area contributed by atoms with Crippen LogP contribution in [0.1, 0.15) is 37.3 Å². The van der Waals surface area contributed by atoms with Crippen LogP contribution in [0.5, 0.6) is 5.75 Å². The molecule has 0 heterocycles. The third kappa shape index (κ3) is 1.84. The number of aryl methyl sites for hydroxylation is 1. The van der Waals surface area contributed by atoms with Gasteiger partial charge in [0.2, 0.25) is 0 Å². The lowest BCUT2D eigenvalue weighted by Gasteiger charge is -2.25. The van der Waals surface area contributed by atoms with Crippen LogP contribution in [0.4, 0.5) is 0 Å². The number of hydrogen-bond acceptors (Lipinski definition) is 2. The quantitative estimate of drug-likeness (QED) is 0.762. The Morgan fingerprint density at radius 2 is 2.12 bits per heavy atom. The van der Waals surface area contributed by atoms with Gasteiger partial charge in [-0.15, -0.1) is 0 Å². The molecule has 1 aliphatic carbocycles. The molecule has 0 radical (unpaired) electrons. The van der Waals surface area contributed by atoms with Crippen molar-refractivity contribution < 1.29 is 9.53 Å². The van der Waals surface area contributed by atoms with Gasteiger partial charge in [-0.1, -0.05) is 24.6 Å². The second-order valence-electron chi connectivity index (χ2n) is 4.98. The van der Waals surface area contributed by atoms with Crippen LogP contribution in [0, 0.1) is 6.92 Å². The summed E-state index contributed by atoms with van der Waals surface area (Å²) in [6.07, 6.45) is 2.28. The first-order chi connectivity index (χ1) is 7.55. The Morgan fingerprint density at radius 3 is 2.69 bits per heavy atom. The number of benzene rings is 1. The summed E-state index contributed by atoms with van der Waals surface area (Å²) in [5.41, 5.74) is 2.37. The van der Waals surface area contributed by atoms with Crippen molar-refractivity contribution in [3.63, 3.8) is 0 Å². The van der Waals surface area contributed by atoms with Gasteiger partial charge in [-0.2, -0.15) is 0 Å². The molecule has 1 aliphatic rings. The molecular formula is C14H18O2. The van der Waals surface area contributed by atoms with Crippen molar-refractivity contribution in [3.8, 4) is 5.75 Å². The van der Waals surface area contributed by atoms with Crippen LogP contribution in [0.25, 0.3) is 0 Å². The van der Waals surface area contributed by atoms with Crippen molar-refractivity contribution >= 4 is 5.78 Å². The van der Waals surface area contributed by atoms with Crippen LogP contribution in [0.3, 0.4) is 0 Å². The van der Waals surface area contributed by atoms with E-state index in [4.69, 9.17) is 4.74 Å². The minimum Gasteiger partial charge on any atom is -0.496 e. The third-order valence-electron chi connectivity index (χ3n) is 3.55. The van der Waals surface area contributed by atoms with Gasteiger partial charge in [-0.3, -0.25) is 4.79 Å². The van der Waals surface area contributed by atoms with E-state index >= 15 is 0 Å². The van der Waals surface area contributed by atoms with E-state index in [-0.39, 0.29) is 5.41 Å². The number of methoxy groups -OCH3 is 1. The summed E-state index contributed by atoms with van der Waals surface area (Å²) in [7, 11) is 1.69. The highest BCUT2D eigenvalue weighted by atomic mass is 16.5. The molecule has 1 atom stereocenters. The van der Waals surface area contributed by atoms with Gasteiger partial charge in [-0.25, -0.2) is 0 Å². The summed E-state index contributed by atoms with van der Waals surface area (Å²) in [6, 6.07) is 6.19. The van der Waals surface area contributed by atoms with Gasteiger partial charge in [0.25, 0.3) is 0 Å². The zero-order valence-electron chi connectivity index (χ0n) is 10.2. The predicted octanol–water partition coefficient (Wildman–Crippen LogP) is 3.01. The molecule has 1 unspecified atom stereocenters. The number of carbonyl (C=O) groups is 1. The van der Waals surface area contributed by atoms with Gasteiger partial charge in [0.05, 0.1) is 7.11 Å². The van der Waals surface area contributed by atoms with E-state index < -0.39 is 0 Å². The molecule has 2 rings (SSSR count). The normalized spacial score (nSPS) is 24.8. The Labute approximate surface area is 96.6 Å². The van der Waals surface area contributed by atoms with Crippen molar-refractivity contribution in [2.45, 2.75) is 38.5 Å². The minimum absolute atomic E-state index is 0.0333. The molecule has 2 heteroatoms. The molecular weight excluding hydrogens is 200 g/mol. The Kier molecular flexibility index (Phi) is 2.75. The largest absolute Gasteiger partial charge is 0.496 e. The highest BCUT2D eigenvalue weighted by molar-refractivity contribution is 5.83. The van der Waals surface area contributed by atoms with E-state index in [1.165, 1.54) is 11.1 Å². The van der Waals surface area contributed by atoms with E-state index in [0.717, 1.165) is 12.2 Å². The standard InChI is InChI=1S/C14H18O2/c1-10-4-5-13(16-3)12(8-10)14(2)7-6-11(15)9-14/h4-5,8H,6-7,9H2,1-3H3. The second kappa shape index (κ2) is 3.93. The van der Waals surface area contributed by atoms with Gasteiger partial charge < -0.3 is 4.74 Å². The van der Waals surface area contributed by atoms with Gasteiger partial charge in [-0.05, 0) is 19.4 Å². The summed E-state index contributed by atoms with van der Waals surface area (Å²) < 4.78 is 5.40. The number of ketones is 1. The molecule has 16 heavy (non-hydrogen) atoms.